The molecule has 0 radical (unpaired) electrons. The van der Waals surface area contributed by atoms with Crippen LogP contribution in [0.4, 0.5) is 14.5 Å². The highest BCUT2D eigenvalue weighted by atomic mass is 32.1. The number of aliphatic hydroxyl groups excluding tert-OH is 1. The minimum atomic E-state index is -0.700. The number of aliphatic hydroxyl groups is 1. The van der Waals surface area contributed by atoms with Crippen molar-refractivity contribution in [3.8, 4) is 0 Å². The summed E-state index contributed by atoms with van der Waals surface area (Å²) < 4.78 is 27.7. The molecule has 0 atom stereocenters. The molecule has 0 aliphatic heterocycles. The smallest absolute Gasteiger partial charge is 0.150 e. The van der Waals surface area contributed by atoms with Gasteiger partial charge in [0.25, 0.3) is 0 Å². The molecule has 6 heteroatoms. The monoisotopic (exact) mass is 286 g/mol. The minimum absolute atomic E-state index is 0.0249. The molecule has 0 bridgehead atoms. The van der Waals surface area contributed by atoms with Crippen LogP contribution >= 0.6 is 12.2 Å². The summed E-state index contributed by atoms with van der Waals surface area (Å²) in [4.78, 5) is -0.0369. The van der Waals surface area contributed by atoms with E-state index in [-0.39, 0.29) is 28.4 Å². The van der Waals surface area contributed by atoms with Gasteiger partial charge in [0, 0.05) is 11.6 Å². The number of hydrogen-bond acceptors (Lipinski definition) is 3. The summed E-state index contributed by atoms with van der Waals surface area (Å²) in [5, 5.41) is 12.3. The van der Waals surface area contributed by atoms with Crippen molar-refractivity contribution in [2.24, 2.45) is 5.73 Å². The van der Waals surface area contributed by atoms with Gasteiger partial charge < -0.3 is 16.2 Å². The van der Waals surface area contributed by atoms with Gasteiger partial charge in [-0.2, -0.15) is 0 Å². The van der Waals surface area contributed by atoms with Gasteiger partial charge in [-0.1, -0.05) is 12.2 Å². The lowest BCUT2D eigenvalue weighted by atomic mass is 9.93. The van der Waals surface area contributed by atoms with E-state index in [1.54, 1.807) is 0 Å². The second-order valence-corrected chi connectivity index (χ2v) is 5.27. The van der Waals surface area contributed by atoms with E-state index in [0.29, 0.717) is 25.7 Å². The quantitative estimate of drug-likeness (QED) is 0.746. The minimum Gasteiger partial charge on any atom is -0.393 e. The maximum atomic E-state index is 13.8. The van der Waals surface area contributed by atoms with Crippen LogP contribution in [0.3, 0.4) is 0 Å². The summed E-state index contributed by atoms with van der Waals surface area (Å²) in [6.07, 6.45) is 2.37. The Hall–Kier alpha value is -1.27. The van der Waals surface area contributed by atoms with Crippen LogP contribution in [0.2, 0.25) is 0 Å². The van der Waals surface area contributed by atoms with Crippen molar-refractivity contribution in [1.29, 1.82) is 0 Å². The number of halogens is 2. The van der Waals surface area contributed by atoms with Crippen LogP contribution in [0.25, 0.3) is 0 Å². The highest BCUT2D eigenvalue weighted by molar-refractivity contribution is 7.80. The first-order valence-electron chi connectivity index (χ1n) is 6.21. The molecule has 19 heavy (non-hydrogen) atoms. The van der Waals surface area contributed by atoms with Gasteiger partial charge in [0.1, 0.15) is 22.3 Å². The first-order chi connectivity index (χ1) is 8.97. The lowest BCUT2D eigenvalue weighted by Crippen LogP contribution is -2.29. The Labute approximate surface area is 115 Å². The highest BCUT2D eigenvalue weighted by Crippen LogP contribution is 2.26. The third kappa shape index (κ3) is 3.39. The molecule has 2 rings (SSSR count). The van der Waals surface area contributed by atoms with Crippen LogP contribution in [-0.2, 0) is 0 Å². The number of thiocarbonyl (C=S) groups is 1. The van der Waals surface area contributed by atoms with Crippen molar-refractivity contribution in [3.05, 3.63) is 29.3 Å². The van der Waals surface area contributed by atoms with E-state index in [4.69, 9.17) is 18.0 Å². The third-order valence-electron chi connectivity index (χ3n) is 3.37. The van der Waals surface area contributed by atoms with Gasteiger partial charge in [-0.3, -0.25) is 0 Å². The molecular formula is C13H16F2N2OS. The van der Waals surface area contributed by atoms with E-state index in [9.17, 15) is 13.9 Å². The van der Waals surface area contributed by atoms with Gasteiger partial charge in [-0.25, -0.2) is 8.78 Å². The molecule has 0 aromatic heterocycles. The van der Waals surface area contributed by atoms with Crippen molar-refractivity contribution in [1.82, 2.24) is 0 Å². The van der Waals surface area contributed by atoms with E-state index >= 15 is 0 Å². The molecule has 1 aromatic carbocycles. The molecule has 0 heterocycles. The molecule has 1 fully saturated rings. The molecule has 1 saturated carbocycles. The Kier molecular flexibility index (Phi) is 4.31. The molecule has 1 aliphatic rings. The van der Waals surface area contributed by atoms with Gasteiger partial charge >= 0.3 is 0 Å². The lowest BCUT2D eigenvalue weighted by molar-refractivity contribution is 0.126. The zero-order valence-electron chi connectivity index (χ0n) is 10.3. The SMILES string of the molecule is NC(=S)c1cc(F)c(NC2CCC(O)CC2)c(F)c1. The van der Waals surface area contributed by atoms with Gasteiger partial charge in [-0.05, 0) is 37.8 Å². The Morgan fingerprint density at radius 2 is 1.74 bits per heavy atom. The first-order valence-corrected chi connectivity index (χ1v) is 6.61. The molecule has 4 N–H and O–H groups in total. The van der Waals surface area contributed by atoms with E-state index < -0.39 is 11.6 Å². The maximum absolute atomic E-state index is 13.8. The fraction of sp³-hybridized carbons (Fsp3) is 0.462. The van der Waals surface area contributed by atoms with Gasteiger partial charge in [0.2, 0.25) is 0 Å². The Bertz CT molecular complexity index is 465. The predicted octanol–water partition coefficient (Wildman–Crippen LogP) is 2.31. The highest BCUT2D eigenvalue weighted by Gasteiger charge is 2.22. The molecule has 104 valence electrons. The van der Waals surface area contributed by atoms with Gasteiger partial charge in [0.15, 0.2) is 0 Å². The molecule has 0 spiro atoms. The van der Waals surface area contributed by atoms with E-state index in [1.165, 1.54) is 0 Å². The number of nitrogens with one attached hydrogen (secondary N) is 1. The zero-order chi connectivity index (χ0) is 14.0. The number of anilines is 1. The van der Waals surface area contributed by atoms with Crippen molar-refractivity contribution < 1.29 is 13.9 Å². The van der Waals surface area contributed by atoms with Crippen LogP contribution in [-0.4, -0.2) is 22.2 Å². The number of nitrogens with two attached hydrogens (primary N) is 1. The third-order valence-corrected chi connectivity index (χ3v) is 3.61. The van der Waals surface area contributed by atoms with Crippen LogP contribution < -0.4 is 11.1 Å². The number of benzene rings is 1. The largest absolute Gasteiger partial charge is 0.393 e. The molecule has 1 aliphatic carbocycles. The first kappa shape index (κ1) is 14.1. The van der Waals surface area contributed by atoms with E-state index in [1.807, 2.05) is 0 Å². The second kappa shape index (κ2) is 5.79. The van der Waals surface area contributed by atoms with Crippen molar-refractivity contribution in [3.63, 3.8) is 0 Å². The summed E-state index contributed by atoms with van der Waals surface area (Å²) in [6, 6.07) is 2.24. The average molecular weight is 286 g/mol. The van der Waals surface area contributed by atoms with Crippen LogP contribution in [0.1, 0.15) is 31.2 Å². The van der Waals surface area contributed by atoms with Crippen LogP contribution in [0.15, 0.2) is 12.1 Å². The lowest BCUT2D eigenvalue weighted by Gasteiger charge is -2.27. The Morgan fingerprint density at radius 1 is 1.21 bits per heavy atom. The summed E-state index contributed by atoms with van der Waals surface area (Å²) in [6.45, 7) is 0. The topological polar surface area (TPSA) is 58.3 Å². The van der Waals surface area contributed by atoms with E-state index in [0.717, 1.165) is 12.1 Å². The second-order valence-electron chi connectivity index (χ2n) is 4.83. The molecule has 0 unspecified atom stereocenters. The van der Waals surface area contributed by atoms with Crippen molar-refractivity contribution >= 4 is 22.9 Å². The van der Waals surface area contributed by atoms with Crippen LogP contribution in [0.5, 0.6) is 0 Å². The van der Waals surface area contributed by atoms with Crippen molar-refractivity contribution in [2.45, 2.75) is 37.8 Å². The normalized spacial score (nSPS) is 23.1. The summed E-state index contributed by atoms with van der Waals surface area (Å²) in [5.41, 5.74) is 5.38. The fourth-order valence-corrected chi connectivity index (χ4v) is 2.40. The van der Waals surface area contributed by atoms with Crippen LogP contribution in [0, 0.1) is 11.6 Å². The van der Waals surface area contributed by atoms with Crippen molar-refractivity contribution in [2.75, 3.05) is 5.32 Å². The standard InChI is InChI=1S/C13H16F2N2OS/c14-10-5-7(13(16)19)6-11(15)12(10)17-8-1-3-9(18)4-2-8/h5-6,8-9,17-18H,1-4H2,(H2,16,19). The molecule has 3 nitrogen and oxygen atoms in total. The van der Waals surface area contributed by atoms with E-state index in [2.05, 4.69) is 5.32 Å². The molecular weight excluding hydrogens is 270 g/mol. The molecule has 1 aromatic rings. The predicted molar refractivity (Wildman–Crippen MR) is 74.1 cm³/mol. The molecule has 0 saturated heterocycles. The maximum Gasteiger partial charge on any atom is 0.150 e. The number of rotatable bonds is 3. The molecule has 0 amide bonds. The zero-order valence-corrected chi connectivity index (χ0v) is 11.1. The average Bonchev–Trinajstić information content (AvgIpc) is 2.35. The van der Waals surface area contributed by atoms with Gasteiger partial charge in [-0.15, -0.1) is 0 Å². The fourth-order valence-electron chi connectivity index (χ4n) is 2.28. The summed E-state index contributed by atoms with van der Waals surface area (Å²) >= 11 is 4.70. The van der Waals surface area contributed by atoms with Gasteiger partial charge in [0.05, 0.1) is 6.10 Å². The Balaban J connectivity index is 2.14. The summed E-state index contributed by atoms with van der Waals surface area (Å²) in [5.74, 6) is -1.40. The Morgan fingerprint density at radius 3 is 2.21 bits per heavy atom. The summed E-state index contributed by atoms with van der Waals surface area (Å²) in [7, 11) is 0. The number of hydrogen-bond donors (Lipinski definition) is 3.